The molecule has 1 N–H and O–H groups in total. The second kappa shape index (κ2) is 6.15. The number of carboxylic acid groups (broad SMARTS) is 1. The number of hydrogen-bond acceptors (Lipinski definition) is 1. The number of halogens is 1. The lowest BCUT2D eigenvalue weighted by molar-refractivity contribution is -0.132. The third kappa shape index (κ3) is 3.32. The van der Waals surface area contributed by atoms with E-state index >= 15 is 0 Å². The highest BCUT2D eigenvalue weighted by atomic mass is 19.1. The number of allylic oxidation sites excluding steroid dienone is 1. The predicted molar refractivity (Wildman–Crippen MR) is 76.1 cm³/mol. The molecule has 102 valence electrons. The lowest BCUT2D eigenvalue weighted by atomic mass is 9.89. The van der Waals surface area contributed by atoms with Crippen LogP contribution >= 0.6 is 0 Å². The molecule has 0 amide bonds. The molecule has 2 aromatic carbocycles. The summed E-state index contributed by atoms with van der Waals surface area (Å²) < 4.78 is 13.0. The van der Waals surface area contributed by atoms with Crippen molar-refractivity contribution < 1.29 is 14.3 Å². The molecule has 0 saturated heterocycles. The molecule has 0 saturated carbocycles. The molecule has 0 aliphatic rings. The van der Waals surface area contributed by atoms with Crippen LogP contribution in [0.25, 0.3) is 0 Å². The molecule has 0 aliphatic heterocycles. The van der Waals surface area contributed by atoms with E-state index in [9.17, 15) is 9.18 Å². The fraction of sp³-hybridized carbons (Fsp3) is 0.118. The molecule has 2 aromatic rings. The van der Waals surface area contributed by atoms with E-state index in [2.05, 4.69) is 0 Å². The van der Waals surface area contributed by atoms with E-state index < -0.39 is 5.97 Å². The summed E-state index contributed by atoms with van der Waals surface area (Å²) in [6.07, 6.45) is 1.69. The van der Waals surface area contributed by atoms with E-state index in [1.54, 1.807) is 25.1 Å². The minimum Gasteiger partial charge on any atom is -0.478 e. The van der Waals surface area contributed by atoms with Crippen LogP contribution in [0.15, 0.2) is 66.2 Å². The van der Waals surface area contributed by atoms with Crippen molar-refractivity contribution in [1.29, 1.82) is 0 Å². The van der Waals surface area contributed by atoms with Gasteiger partial charge in [-0.3, -0.25) is 0 Å². The Labute approximate surface area is 117 Å². The van der Waals surface area contributed by atoms with Gasteiger partial charge in [-0.05, 0) is 30.2 Å². The first-order chi connectivity index (χ1) is 9.58. The molecule has 0 radical (unpaired) electrons. The highest BCUT2D eigenvalue weighted by Crippen LogP contribution is 2.27. The molecule has 1 unspecified atom stereocenters. The normalized spacial score (nSPS) is 13.0. The zero-order valence-electron chi connectivity index (χ0n) is 11.1. The van der Waals surface area contributed by atoms with Crippen LogP contribution in [0.4, 0.5) is 4.39 Å². The topological polar surface area (TPSA) is 37.3 Å². The van der Waals surface area contributed by atoms with Gasteiger partial charge in [-0.1, -0.05) is 48.5 Å². The third-order valence-electron chi connectivity index (χ3n) is 3.14. The van der Waals surface area contributed by atoms with Crippen LogP contribution in [0.2, 0.25) is 0 Å². The molecule has 0 aromatic heterocycles. The lowest BCUT2D eigenvalue weighted by Gasteiger charge is -2.15. The highest BCUT2D eigenvalue weighted by Gasteiger charge is 2.13. The van der Waals surface area contributed by atoms with Crippen LogP contribution in [0.1, 0.15) is 24.0 Å². The number of benzene rings is 2. The highest BCUT2D eigenvalue weighted by molar-refractivity contribution is 5.86. The Kier molecular flexibility index (Phi) is 4.31. The van der Waals surface area contributed by atoms with Crippen LogP contribution in [0.5, 0.6) is 0 Å². The smallest absolute Gasteiger partial charge is 0.330 e. The van der Waals surface area contributed by atoms with Crippen molar-refractivity contribution in [1.82, 2.24) is 0 Å². The molecular formula is C17H15FO2. The Hall–Kier alpha value is -2.42. The lowest BCUT2D eigenvalue weighted by Crippen LogP contribution is -2.03. The quantitative estimate of drug-likeness (QED) is 0.853. The van der Waals surface area contributed by atoms with Gasteiger partial charge in [-0.15, -0.1) is 0 Å². The van der Waals surface area contributed by atoms with Gasteiger partial charge >= 0.3 is 5.97 Å². The van der Waals surface area contributed by atoms with E-state index in [0.29, 0.717) is 0 Å². The molecular weight excluding hydrogens is 255 g/mol. The van der Waals surface area contributed by atoms with E-state index in [-0.39, 0.29) is 17.3 Å². The van der Waals surface area contributed by atoms with Gasteiger partial charge in [0.05, 0.1) is 0 Å². The summed E-state index contributed by atoms with van der Waals surface area (Å²) in [4.78, 5) is 11.0. The Morgan fingerprint density at radius 1 is 1.05 bits per heavy atom. The van der Waals surface area contributed by atoms with Gasteiger partial charge in [0.15, 0.2) is 0 Å². The van der Waals surface area contributed by atoms with Gasteiger partial charge in [0, 0.05) is 11.5 Å². The molecule has 3 heteroatoms. The third-order valence-corrected chi connectivity index (χ3v) is 3.14. The van der Waals surface area contributed by atoms with Gasteiger partial charge in [0.2, 0.25) is 0 Å². The summed E-state index contributed by atoms with van der Waals surface area (Å²) >= 11 is 0. The predicted octanol–water partition coefficient (Wildman–Crippen LogP) is 3.99. The molecule has 20 heavy (non-hydrogen) atoms. The monoisotopic (exact) mass is 270 g/mol. The number of hydrogen-bond donors (Lipinski definition) is 1. The minimum atomic E-state index is -0.951. The number of aliphatic carboxylic acids is 1. The Morgan fingerprint density at radius 3 is 2.15 bits per heavy atom. The van der Waals surface area contributed by atoms with Crippen molar-refractivity contribution in [3.05, 3.63) is 83.2 Å². The number of carbonyl (C=O) groups is 1. The van der Waals surface area contributed by atoms with Gasteiger partial charge in [0.1, 0.15) is 5.82 Å². The molecule has 0 fully saturated rings. The van der Waals surface area contributed by atoms with Gasteiger partial charge < -0.3 is 5.11 Å². The maximum Gasteiger partial charge on any atom is 0.330 e. The van der Waals surface area contributed by atoms with Crippen LogP contribution in [0, 0.1) is 5.82 Å². The summed E-state index contributed by atoms with van der Waals surface area (Å²) in [5, 5.41) is 9.04. The summed E-state index contributed by atoms with van der Waals surface area (Å²) in [5.74, 6) is -1.46. The first kappa shape index (κ1) is 14.0. The average molecular weight is 270 g/mol. The molecule has 2 rings (SSSR count). The van der Waals surface area contributed by atoms with Gasteiger partial charge in [0.25, 0.3) is 0 Å². The summed E-state index contributed by atoms with van der Waals surface area (Å²) in [5.41, 5.74) is 2.10. The molecule has 0 aliphatic carbocycles. The molecule has 0 spiro atoms. The largest absolute Gasteiger partial charge is 0.478 e. The zero-order valence-corrected chi connectivity index (χ0v) is 11.1. The van der Waals surface area contributed by atoms with Crippen molar-refractivity contribution >= 4 is 5.97 Å². The van der Waals surface area contributed by atoms with Gasteiger partial charge in [-0.25, -0.2) is 9.18 Å². The summed E-state index contributed by atoms with van der Waals surface area (Å²) in [6, 6.07) is 15.7. The second-order valence-electron chi connectivity index (χ2n) is 4.59. The minimum absolute atomic E-state index is 0.201. The molecule has 0 bridgehead atoms. The standard InChI is InChI=1S/C17H15FO2/c1-12(17(19)20)11-16(13-5-3-2-4-6-13)14-7-9-15(18)10-8-14/h2-11,16H,1H3,(H,19,20). The van der Waals surface area contributed by atoms with Crippen LogP contribution < -0.4 is 0 Å². The van der Waals surface area contributed by atoms with E-state index in [4.69, 9.17) is 5.11 Å². The van der Waals surface area contributed by atoms with E-state index in [1.165, 1.54) is 12.1 Å². The zero-order chi connectivity index (χ0) is 14.5. The Morgan fingerprint density at radius 2 is 1.60 bits per heavy atom. The SMILES string of the molecule is CC(=CC(c1ccccc1)c1ccc(F)cc1)C(=O)O. The average Bonchev–Trinajstić information content (AvgIpc) is 2.46. The molecule has 2 nitrogen and oxygen atoms in total. The van der Waals surface area contributed by atoms with Crippen molar-refractivity contribution in [3.63, 3.8) is 0 Å². The van der Waals surface area contributed by atoms with Crippen LogP contribution in [-0.4, -0.2) is 11.1 Å². The van der Waals surface area contributed by atoms with Crippen molar-refractivity contribution in [3.8, 4) is 0 Å². The fourth-order valence-electron chi connectivity index (χ4n) is 2.04. The summed E-state index contributed by atoms with van der Waals surface area (Å²) in [6.45, 7) is 1.56. The Bertz CT molecular complexity index is 615. The van der Waals surface area contributed by atoms with Crippen molar-refractivity contribution in [2.75, 3.05) is 0 Å². The Balaban J connectivity index is 2.47. The fourth-order valence-corrected chi connectivity index (χ4v) is 2.04. The van der Waals surface area contributed by atoms with E-state index in [1.807, 2.05) is 30.3 Å². The number of carboxylic acids is 1. The van der Waals surface area contributed by atoms with E-state index in [0.717, 1.165) is 11.1 Å². The van der Waals surface area contributed by atoms with Crippen LogP contribution in [-0.2, 0) is 4.79 Å². The van der Waals surface area contributed by atoms with Crippen molar-refractivity contribution in [2.24, 2.45) is 0 Å². The van der Waals surface area contributed by atoms with Crippen molar-refractivity contribution in [2.45, 2.75) is 12.8 Å². The van der Waals surface area contributed by atoms with Gasteiger partial charge in [-0.2, -0.15) is 0 Å². The molecule has 0 heterocycles. The number of rotatable bonds is 4. The van der Waals surface area contributed by atoms with Crippen LogP contribution in [0.3, 0.4) is 0 Å². The summed E-state index contributed by atoms with van der Waals surface area (Å²) in [7, 11) is 0. The first-order valence-electron chi connectivity index (χ1n) is 6.30. The maximum absolute atomic E-state index is 13.0. The molecule has 1 atom stereocenters. The first-order valence-corrected chi connectivity index (χ1v) is 6.30. The maximum atomic E-state index is 13.0. The second-order valence-corrected chi connectivity index (χ2v) is 4.59.